The van der Waals surface area contributed by atoms with E-state index in [9.17, 15) is 19.4 Å². The highest BCUT2D eigenvalue weighted by Crippen LogP contribution is 2.27. The molecule has 0 spiro atoms. The van der Waals surface area contributed by atoms with Gasteiger partial charge in [0, 0.05) is 6.20 Å². The van der Waals surface area contributed by atoms with Crippen LogP contribution in [0.1, 0.15) is 13.2 Å². The van der Waals surface area contributed by atoms with E-state index in [0.29, 0.717) is 0 Å². The molecule has 87 valence electrons. The molecule has 2 N–H and O–H groups in total. The van der Waals surface area contributed by atoms with Gasteiger partial charge in [-0.2, -0.15) is 4.98 Å². The van der Waals surface area contributed by atoms with Crippen LogP contribution in [0.4, 0.5) is 4.39 Å². The first-order valence-corrected chi connectivity index (χ1v) is 4.68. The lowest BCUT2D eigenvalue weighted by Crippen LogP contribution is -2.35. The highest BCUT2D eigenvalue weighted by atomic mass is 19.1. The highest BCUT2D eigenvalue weighted by Gasteiger charge is 2.41. The number of aliphatic hydroxyl groups is 2. The number of halogens is 1. The molecular formula is C9H10FN2O4. The van der Waals surface area contributed by atoms with E-state index in [2.05, 4.69) is 4.98 Å². The normalized spacial score (nSPS) is 34.2. The number of nitrogens with zero attached hydrogens (tertiary/aromatic N) is 2. The van der Waals surface area contributed by atoms with Crippen molar-refractivity contribution >= 4 is 0 Å². The van der Waals surface area contributed by atoms with Gasteiger partial charge in [-0.15, -0.1) is 0 Å². The molecule has 0 aliphatic carbocycles. The quantitative estimate of drug-likeness (QED) is 0.633. The van der Waals surface area contributed by atoms with Gasteiger partial charge in [0.05, 0.1) is 6.10 Å². The van der Waals surface area contributed by atoms with Gasteiger partial charge in [0.1, 0.15) is 18.4 Å². The summed E-state index contributed by atoms with van der Waals surface area (Å²) in [5.41, 5.74) is -0.799. The van der Waals surface area contributed by atoms with E-state index in [1.54, 1.807) is 0 Å². The molecule has 1 saturated heterocycles. The summed E-state index contributed by atoms with van der Waals surface area (Å²) in [5.74, 6) is -0.843. The molecule has 0 saturated carbocycles. The van der Waals surface area contributed by atoms with Gasteiger partial charge in [-0.05, 0) is 6.92 Å². The van der Waals surface area contributed by atoms with Gasteiger partial charge in [-0.3, -0.25) is 4.57 Å². The molecule has 0 amide bonds. The van der Waals surface area contributed by atoms with E-state index in [1.165, 1.54) is 6.92 Å². The van der Waals surface area contributed by atoms with Crippen LogP contribution in [0.3, 0.4) is 0 Å². The van der Waals surface area contributed by atoms with Crippen LogP contribution in [0.5, 0.6) is 0 Å². The minimum absolute atomic E-state index is 0.640. The molecule has 1 aliphatic heterocycles. The lowest BCUT2D eigenvalue weighted by Gasteiger charge is -2.16. The number of ether oxygens (including phenoxy) is 1. The van der Waals surface area contributed by atoms with Gasteiger partial charge in [0.15, 0.2) is 12.0 Å². The molecule has 4 atom stereocenters. The van der Waals surface area contributed by atoms with Gasteiger partial charge in [0.25, 0.3) is 0 Å². The lowest BCUT2D eigenvalue weighted by molar-refractivity contribution is -0.0356. The molecule has 1 aliphatic rings. The average Bonchev–Trinajstić information content (AvgIpc) is 2.50. The van der Waals surface area contributed by atoms with E-state index in [1.807, 2.05) is 6.20 Å². The van der Waals surface area contributed by atoms with Crippen LogP contribution in [-0.4, -0.2) is 38.1 Å². The van der Waals surface area contributed by atoms with Gasteiger partial charge in [-0.1, -0.05) is 0 Å². The fourth-order valence-electron chi connectivity index (χ4n) is 1.60. The van der Waals surface area contributed by atoms with Crippen LogP contribution in [0, 0.1) is 12.0 Å². The Bertz CT molecular complexity index is 449. The maximum Gasteiger partial charge on any atom is 0.350 e. The molecule has 16 heavy (non-hydrogen) atoms. The zero-order valence-electron chi connectivity index (χ0n) is 8.37. The SMILES string of the molecule is C[C@H]1O[C@@H](n2cc(F)[c]nc2=O)[C@H](O)[C@@H]1O. The smallest absolute Gasteiger partial charge is 0.350 e. The maximum atomic E-state index is 12.8. The first-order valence-electron chi connectivity index (χ1n) is 4.68. The van der Waals surface area contributed by atoms with Gasteiger partial charge < -0.3 is 14.9 Å². The number of aromatic nitrogens is 2. The van der Waals surface area contributed by atoms with Crippen molar-refractivity contribution in [2.45, 2.75) is 31.5 Å². The van der Waals surface area contributed by atoms with Gasteiger partial charge in [-0.25, -0.2) is 9.18 Å². The molecule has 1 aromatic heterocycles. The Kier molecular flexibility index (Phi) is 2.75. The summed E-state index contributed by atoms with van der Waals surface area (Å²) in [5, 5.41) is 19.0. The summed E-state index contributed by atoms with van der Waals surface area (Å²) in [6, 6.07) is 0. The fourth-order valence-corrected chi connectivity index (χ4v) is 1.60. The molecule has 0 aromatic carbocycles. The van der Waals surface area contributed by atoms with Crippen LogP contribution < -0.4 is 5.69 Å². The summed E-state index contributed by atoms with van der Waals surface area (Å²) in [6.45, 7) is 1.54. The minimum atomic E-state index is -1.30. The molecule has 1 fully saturated rings. The first kappa shape index (κ1) is 11.2. The van der Waals surface area contributed by atoms with Crippen molar-refractivity contribution in [1.82, 2.24) is 9.55 Å². The first-order chi connectivity index (χ1) is 7.50. The Morgan fingerprint density at radius 3 is 2.81 bits per heavy atom. The molecule has 0 bridgehead atoms. The second-order valence-corrected chi connectivity index (χ2v) is 3.60. The van der Waals surface area contributed by atoms with Crippen LogP contribution >= 0.6 is 0 Å². The predicted molar refractivity (Wildman–Crippen MR) is 48.9 cm³/mol. The van der Waals surface area contributed by atoms with E-state index in [4.69, 9.17) is 4.74 Å². The Morgan fingerprint density at radius 1 is 1.56 bits per heavy atom. The Balaban J connectivity index is 2.38. The third kappa shape index (κ3) is 1.73. The molecule has 0 unspecified atom stereocenters. The topological polar surface area (TPSA) is 84.6 Å². The zero-order valence-corrected chi connectivity index (χ0v) is 8.37. The van der Waals surface area contributed by atoms with Crippen molar-refractivity contribution in [1.29, 1.82) is 0 Å². The van der Waals surface area contributed by atoms with Crippen LogP contribution in [0.2, 0.25) is 0 Å². The third-order valence-corrected chi connectivity index (χ3v) is 2.48. The average molecular weight is 229 g/mol. The Morgan fingerprint density at radius 2 is 2.25 bits per heavy atom. The number of rotatable bonds is 1. The maximum absolute atomic E-state index is 12.8. The zero-order chi connectivity index (χ0) is 11.9. The highest BCUT2D eigenvalue weighted by molar-refractivity contribution is 4.92. The summed E-state index contributed by atoms with van der Waals surface area (Å²) < 4.78 is 18.8. The molecule has 7 heteroatoms. The fraction of sp³-hybridized carbons (Fsp3) is 0.556. The summed E-state index contributed by atoms with van der Waals surface area (Å²) in [4.78, 5) is 14.4. The summed E-state index contributed by atoms with van der Waals surface area (Å²) >= 11 is 0. The second kappa shape index (κ2) is 3.93. The summed E-state index contributed by atoms with van der Waals surface area (Å²) in [6.07, 6.45) is -1.51. The second-order valence-electron chi connectivity index (χ2n) is 3.60. The minimum Gasteiger partial charge on any atom is -0.388 e. The molecule has 2 rings (SSSR count). The number of aliphatic hydroxyl groups excluding tert-OH is 2. The Hall–Kier alpha value is -1.31. The number of hydrogen-bond acceptors (Lipinski definition) is 5. The van der Waals surface area contributed by atoms with E-state index in [-0.39, 0.29) is 0 Å². The third-order valence-electron chi connectivity index (χ3n) is 2.48. The van der Waals surface area contributed by atoms with Crippen molar-refractivity contribution in [3.8, 4) is 0 Å². The molecule has 2 heterocycles. The summed E-state index contributed by atoms with van der Waals surface area (Å²) in [7, 11) is 0. The molecule has 1 aromatic rings. The van der Waals surface area contributed by atoms with Crippen molar-refractivity contribution in [2.75, 3.05) is 0 Å². The molecule has 1 radical (unpaired) electrons. The van der Waals surface area contributed by atoms with Crippen molar-refractivity contribution < 1.29 is 19.3 Å². The lowest BCUT2D eigenvalue weighted by atomic mass is 10.1. The van der Waals surface area contributed by atoms with Gasteiger partial charge in [0.2, 0.25) is 0 Å². The monoisotopic (exact) mass is 229 g/mol. The largest absolute Gasteiger partial charge is 0.388 e. The van der Waals surface area contributed by atoms with Crippen LogP contribution in [0.15, 0.2) is 11.0 Å². The van der Waals surface area contributed by atoms with Crippen LogP contribution in [-0.2, 0) is 4.74 Å². The standard InChI is InChI=1S/C9H10FN2O4/c1-4-6(13)7(14)8(16-4)12-3-5(10)2-11-9(12)15/h3-4,6-8,13-14H,1H3/t4-,6-,7-,8-/m1/s1. The van der Waals surface area contributed by atoms with Gasteiger partial charge >= 0.3 is 5.69 Å². The van der Waals surface area contributed by atoms with Crippen molar-refractivity contribution in [3.05, 3.63) is 28.7 Å². The predicted octanol–water partition coefficient (Wildman–Crippen LogP) is -1.18. The van der Waals surface area contributed by atoms with Crippen LogP contribution in [0.25, 0.3) is 0 Å². The molecule has 6 nitrogen and oxygen atoms in total. The van der Waals surface area contributed by atoms with Crippen molar-refractivity contribution in [3.63, 3.8) is 0 Å². The van der Waals surface area contributed by atoms with E-state index >= 15 is 0 Å². The van der Waals surface area contributed by atoms with Crippen molar-refractivity contribution in [2.24, 2.45) is 0 Å². The number of hydrogen-bond donors (Lipinski definition) is 2. The van der Waals surface area contributed by atoms with E-state index < -0.39 is 36.0 Å². The molecular weight excluding hydrogens is 219 g/mol. The Labute approximate surface area is 89.9 Å². The van der Waals surface area contributed by atoms with E-state index in [0.717, 1.165) is 10.8 Å².